The molecule has 0 bridgehead atoms. The molecule has 0 spiro atoms. The Balaban J connectivity index is 2.19. The van der Waals surface area contributed by atoms with E-state index in [4.69, 9.17) is 11.6 Å². The summed E-state index contributed by atoms with van der Waals surface area (Å²) in [5.74, 6) is -0.361. The predicted molar refractivity (Wildman–Crippen MR) is 69.1 cm³/mol. The molecule has 0 aliphatic heterocycles. The molecule has 17 heavy (non-hydrogen) atoms. The first-order valence-corrected chi connectivity index (χ1v) is 6.54. The van der Waals surface area contributed by atoms with Crippen molar-refractivity contribution in [1.29, 1.82) is 0 Å². The standard InChI is InChI=1S/C13H12ClFOS/c1-8-6-17-7-11(8)13(16)4-9-2-3-10(15)5-12(9)14/h2-3,5-7,13,16H,4H2,1H3. The molecule has 1 nitrogen and oxygen atoms in total. The fourth-order valence-electron chi connectivity index (χ4n) is 1.72. The van der Waals surface area contributed by atoms with E-state index in [1.165, 1.54) is 12.1 Å². The molecule has 0 aliphatic rings. The Morgan fingerprint density at radius 2 is 2.18 bits per heavy atom. The molecule has 0 fully saturated rings. The highest BCUT2D eigenvalue weighted by Gasteiger charge is 2.14. The summed E-state index contributed by atoms with van der Waals surface area (Å²) in [6.45, 7) is 1.96. The summed E-state index contributed by atoms with van der Waals surface area (Å²) in [7, 11) is 0. The number of halogens is 2. The van der Waals surface area contributed by atoms with Gasteiger partial charge in [0.2, 0.25) is 0 Å². The van der Waals surface area contributed by atoms with Crippen LogP contribution in [0.4, 0.5) is 4.39 Å². The molecule has 90 valence electrons. The van der Waals surface area contributed by atoms with Crippen molar-refractivity contribution < 1.29 is 9.50 Å². The van der Waals surface area contributed by atoms with Crippen molar-refractivity contribution in [1.82, 2.24) is 0 Å². The largest absolute Gasteiger partial charge is 0.388 e. The van der Waals surface area contributed by atoms with E-state index in [2.05, 4.69) is 0 Å². The predicted octanol–water partition coefficient (Wildman–Crippen LogP) is 4.13. The number of rotatable bonds is 3. The van der Waals surface area contributed by atoms with Crippen LogP contribution in [0, 0.1) is 12.7 Å². The van der Waals surface area contributed by atoms with Gasteiger partial charge in [0.15, 0.2) is 0 Å². The van der Waals surface area contributed by atoms with Crippen LogP contribution in [-0.4, -0.2) is 5.11 Å². The van der Waals surface area contributed by atoms with Crippen LogP contribution in [0.3, 0.4) is 0 Å². The molecule has 1 N–H and O–H groups in total. The van der Waals surface area contributed by atoms with Crippen molar-refractivity contribution in [3.05, 3.63) is 56.5 Å². The molecular weight excluding hydrogens is 259 g/mol. The topological polar surface area (TPSA) is 20.2 Å². The van der Waals surface area contributed by atoms with Crippen LogP contribution < -0.4 is 0 Å². The zero-order valence-electron chi connectivity index (χ0n) is 9.28. The maximum atomic E-state index is 12.9. The zero-order valence-corrected chi connectivity index (χ0v) is 10.9. The number of aryl methyl sites for hydroxylation is 1. The molecule has 0 saturated heterocycles. The molecule has 0 aliphatic carbocycles. The number of thiophene rings is 1. The lowest BCUT2D eigenvalue weighted by Crippen LogP contribution is -2.02. The van der Waals surface area contributed by atoms with Gasteiger partial charge in [0.05, 0.1) is 6.10 Å². The van der Waals surface area contributed by atoms with Crippen molar-refractivity contribution in [2.24, 2.45) is 0 Å². The molecule has 1 aromatic carbocycles. The van der Waals surface area contributed by atoms with E-state index in [1.54, 1.807) is 17.4 Å². The van der Waals surface area contributed by atoms with E-state index < -0.39 is 6.10 Å². The molecule has 2 rings (SSSR count). The SMILES string of the molecule is Cc1cscc1C(O)Cc1ccc(F)cc1Cl. The summed E-state index contributed by atoms with van der Waals surface area (Å²) >= 11 is 7.49. The summed E-state index contributed by atoms with van der Waals surface area (Å²) in [5.41, 5.74) is 2.74. The Labute approximate surface area is 108 Å². The van der Waals surface area contributed by atoms with Gasteiger partial charge in [-0.2, -0.15) is 11.3 Å². The van der Waals surface area contributed by atoms with E-state index in [-0.39, 0.29) is 5.82 Å². The third-order valence-electron chi connectivity index (χ3n) is 2.68. The van der Waals surface area contributed by atoms with E-state index in [1.807, 2.05) is 17.7 Å². The first-order chi connectivity index (χ1) is 8.08. The van der Waals surface area contributed by atoms with Gasteiger partial charge in [-0.15, -0.1) is 0 Å². The minimum Gasteiger partial charge on any atom is -0.388 e. The Kier molecular flexibility index (Phi) is 3.82. The molecule has 0 saturated carbocycles. The molecule has 4 heteroatoms. The number of hydrogen-bond acceptors (Lipinski definition) is 2. The van der Waals surface area contributed by atoms with Gasteiger partial charge in [-0.3, -0.25) is 0 Å². The molecular formula is C13H12ClFOS. The van der Waals surface area contributed by atoms with Crippen LogP contribution in [0.25, 0.3) is 0 Å². The maximum Gasteiger partial charge on any atom is 0.124 e. The van der Waals surface area contributed by atoms with Crippen LogP contribution in [-0.2, 0) is 6.42 Å². The highest BCUT2D eigenvalue weighted by molar-refractivity contribution is 7.08. The third kappa shape index (κ3) is 2.86. The van der Waals surface area contributed by atoms with Gasteiger partial charge in [0.25, 0.3) is 0 Å². The number of aliphatic hydroxyl groups is 1. The second-order valence-corrected chi connectivity index (χ2v) is 5.12. The Hall–Kier alpha value is -0.900. The number of aliphatic hydroxyl groups excluding tert-OH is 1. The minimum atomic E-state index is -0.593. The fraction of sp³-hybridized carbons (Fsp3) is 0.231. The van der Waals surface area contributed by atoms with Crippen molar-refractivity contribution in [2.45, 2.75) is 19.4 Å². The van der Waals surface area contributed by atoms with Crippen molar-refractivity contribution in [3.8, 4) is 0 Å². The molecule has 1 unspecified atom stereocenters. The van der Waals surface area contributed by atoms with Crippen LogP contribution in [0.1, 0.15) is 22.8 Å². The second-order valence-electron chi connectivity index (χ2n) is 3.97. The average Bonchev–Trinajstić information content (AvgIpc) is 2.68. The smallest absolute Gasteiger partial charge is 0.124 e. The van der Waals surface area contributed by atoms with Gasteiger partial charge in [0, 0.05) is 11.4 Å². The van der Waals surface area contributed by atoms with Crippen LogP contribution in [0.15, 0.2) is 29.0 Å². The van der Waals surface area contributed by atoms with Crippen molar-refractivity contribution in [3.63, 3.8) is 0 Å². The van der Waals surface area contributed by atoms with E-state index in [0.717, 1.165) is 16.7 Å². The molecule has 2 aromatic rings. The second kappa shape index (κ2) is 5.17. The lowest BCUT2D eigenvalue weighted by atomic mass is 10.0. The van der Waals surface area contributed by atoms with Gasteiger partial charge >= 0.3 is 0 Å². The van der Waals surface area contributed by atoms with Gasteiger partial charge < -0.3 is 5.11 Å². The number of benzene rings is 1. The van der Waals surface area contributed by atoms with Crippen molar-refractivity contribution in [2.75, 3.05) is 0 Å². The average molecular weight is 271 g/mol. The first kappa shape index (κ1) is 12.6. The van der Waals surface area contributed by atoms with Crippen LogP contribution >= 0.6 is 22.9 Å². The normalized spacial score (nSPS) is 12.7. The highest BCUT2D eigenvalue weighted by atomic mass is 35.5. The quantitative estimate of drug-likeness (QED) is 0.889. The summed E-state index contributed by atoms with van der Waals surface area (Å²) < 4.78 is 12.9. The van der Waals surface area contributed by atoms with Crippen LogP contribution in [0.5, 0.6) is 0 Å². The van der Waals surface area contributed by atoms with Gasteiger partial charge in [0.1, 0.15) is 5.82 Å². The van der Waals surface area contributed by atoms with Gasteiger partial charge in [-0.25, -0.2) is 4.39 Å². The minimum absolute atomic E-state index is 0.358. The summed E-state index contributed by atoms with van der Waals surface area (Å²) in [6, 6.07) is 4.24. The Morgan fingerprint density at radius 1 is 1.41 bits per heavy atom. The lowest BCUT2D eigenvalue weighted by Gasteiger charge is -2.11. The highest BCUT2D eigenvalue weighted by Crippen LogP contribution is 2.27. The van der Waals surface area contributed by atoms with Crippen LogP contribution in [0.2, 0.25) is 5.02 Å². The fourth-order valence-corrected chi connectivity index (χ4v) is 2.86. The molecule has 1 atom stereocenters. The van der Waals surface area contributed by atoms with Gasteiger partial charge in [-0.1, -0.05) is 17.7 Å². The van der Waals surface area contributed by atoms with E-state index in [0.29, 0.717) is 11.4 Å². The van der Waals surface area contributed by atoms with Crippen molar-refractivity contribution >= 4 is 22.9 Å². The third-order valence-corrected chi connectivity index (χ3v) is 3.91. The number of hydrogen-bond donors (Lipinski definition) is 1. The van der Waals surface area contributed by atoms with E-state index in [9.17, 15) is 9.50 Å². The maximum absolute atomic E-state index is 12.9. The Morgan fingerprint density at radius 3 is 2.76 bits per heavy atom. The summed E-state index contributed by atoms with van der Waals surface area (Å²) in [4.78, 5) is 0. The zero-order chi connectivity index (χ0) is 12.4. The lowest BCUT2D eigenvalue weighted by molar-refractivity contribution is 0.178. The monoisotopic (exact) mass is 270 g/mol. The van der Waals surface area contributed by atoms with E-state index >= 15 is 0 Å². The molecule has 0 radical (unpaired) electrons. The Bertz CT molecular complexity index is 524. The van der Waals surface area contributed by atoms with Gasteiger partial charge in [-0.05, 0) is 46.5 Å². The summed E-state index contributed by atoms with van der Waals surface area (Å²) in [6.07, 6.45) is -0.194. The molecule has 0 amide bonds. The molecule has 1 aromatic heterocycles. The molecule has 1 heterocycles. The first-order valence-electron chi connectivity index (χ1n) is 5.22. The summed E-state index contributed by atoms with van der Waals surface area (Å²) in [5, 5.41) is 14.4.